The maximum absolute atomic E-state index is 9.85. The number of thiol groups is 1. The number of nitrogens with zero attached hydrogens (tertiary/aromatic N) is 1. The Bertz CT molecular complexity index is 267. The highest BCUT2D eigenvalue weighted by atomic mass is 32.1. The van der Waals surface area contributed by atoms with Crippen molar-refractivity contribution in [3.05, 3.63) is 35.9 Å². The number of hydrogen-bond acceptors (Lipinski definition) is 3. The highest BCUT2D eigenvalue weighted by Crippen LogP contribution is 2.19. The molecule has 3 heteroatoms. The van der Waals surface area contributed by atoms with E-state index in [0.29, 0.717) is 0 Å². The molecule has 1 aromatic carbocycles. The molecule has 0 aliphatic rings. The van der Waals surface area contributed by atoms with Gasteiger partial charge in [0.25, 0.3) is 0 Å². The first-order valence-corrected chi connectivity index (χ1v) is 3.66. The summed E-state index contributed by atoms with van der Waals surface area (Å²) in [5, 5.41) is -0.381. The second kappa shape index (κ2) is 3.96. The standard InChI is InChI=1S/C8H7NOS/c10-6-9-8(11)7-4-2-1-3-5-7/h1-5,8,11H. The first-order valence-electron chi connectivity index (χ1n) is 3.14. The number of isocyanates is 1. The monoisotopic (exact) mass is 165 g/mol. The van der Waals surface area contributed by atoms with Gasteiger partial charge in [0.05, 0.1) is 0 Å². The molecule has 0 bridgehead atoms. The third-order valence-electron chi connectivity index (χ3n) is 1.27. The Hall–Kier alpha value is -1.05. The number of carbonyl (C=O) groups excluding carboxylic acids is 1. The van der Waals surface area contributed by atoms with Crippen molar-refractivity contribution in [1.82, 2.24) is 0 Å². The molecular weight excluding hydrogens is 158 g/mol. The van der Waals surface area contributed by atoms with Gasteiger partial charge in [0.2, 0.25) is 6.08 Å². The molecule has 1 rings (SSSR count). The fourth-order valence-corrected chi connectivity index (χ4v) is 0.969. The average Bonchev–Trinajstić information content (AvgIpc) is 2.07. The molecule has 0 amide bonds. The minimum atomic E-state index is -0.381. The third kappa shape index (κ3) is 2.22. The number of aliphatic imine (C=N–C) groups is 1. The smallest absolute Gasteiger partial charge is 0.211 e. The normalized spacial score (nSPS) is 11.7. The zero-order valence-electron chi connectivity index (χ0n) is 5.77. The molecule has 0 saturated heterocycles. The van der Waals surface area contributed by atoms with E-state index in [4.69, 9.17) is 0 Å². The number of hydrogen-bond donors (Lipinski definition) is 1. The van der Waals surface area contributed by atoms with Gasteiger partial charge >= 0.3 is 0 Å². The molecule has 0 fully saturated rings. The lowest BCUT2D eigenvalue weighted by Crippen LogP contribution is -1.83. The molecule has 0 spiro atoms. The summed E-state index contributed by atoms with van der Waals surface area (Å²) in [7, 11) is 0. The van der Waals surface area contributed by atoms with Gasteiger partial charge in [0.1, 0.15) is 5.37 Å². The van der Waals surface area contributed by atoms with Crippen LogP contribution in [0.4, 0.5) is 0 Å². The molecule has 56 valence electrons. The Morgan fingerprint density at radius 2 is 2.00 bits per heavy atom. The van der Waals surface area contributed by atoms with Crippen LogP contribution in [0.15, 0.2) is 35.3 Å². The van der Waals surface area contributed by atoms with Gasteiger partial charge in [-0.2, -0.15) is 4.99 Å². The van der Waals surface area contributed by atoms with Crippen molar-refractivity contribution in [2.75, 3.05) is 0 Å². The first kappa shape index (κ1) is 8.05. The Morgan fingerprint density at radius 3 is 2.55 bits per heavy atom. The number of rotatable bonds is 2. The highest BCUT2D eigenvalue weighted by molar-refractivity contribution is 7.80. The van der Waals surface area contributed by atoms with E-state index in [1.807, 2.05) is 30.3 Å². The Morgan fingerprint density at radius 1 is 1.36 bits per heavy atom. The maximum Gasteiger partial charge on any atom is 0.236 e. The van der Waals surface area contributed by atoms with Crippen molar-refractivity contribution in [3.63, 3.8) is 0 Å². The third-order valence-corrected chi connectivity index (χ3v) is 1.69. The van der Waals surface area contributed by atoms with Crippen LogP contribution >= 0.6 is 12.6 Å². The van der Waals surface area contributed by atoms with Crippen molar-refractivity contribution < 1.29 is 4.79 Å². The predicted molar refractivity (Wildman–Crippen MR) is 46.3 cm³/mol. The van der Waals surface area contributed by atoms with Crippen molar-refractivity contribution >= 4 is 18.7 Å². The van der Waals surface area contributed by atoms with E-state index in [1.165, 1.54) is 6.08 Å². The lowest BCUT2D eigenvalue weighted by Gasteiger charge is -2.00. The average molecular weight is 165 g/mol. The molecule has 2 nitrogen and oxygen atoms in total. The molecule has 0 N–H and O–H groups in total. The summed E-state index contributed by atoms with van der Waals surface area (Å²) >= 11 is 4.07. The molecule has 1 atom stereocenters. The van der Waals surface area contributed by atoms with E-state index in [0.717, 1.165) is 5.56 Å². The minimum Gasteiger partial charge on any atom is -0.211 e. The van der Waals surface area contributed by atoms with Crippen LogP contribution < -0.4 is 0 Å². The van der Waals surface area contributed by atoms with E-state index in [9.17, 15) is 4.79 Å². The summed E-state index contributed by atoms with van der Waals surface area (Å²) in [6, 6.07) is 9.36. The second-order valence-corrected chi connectivity index (χ2v) is 2.49. The molecule has 0 saturated carbocycles. The van der Waals surface area contributed by atoms with Gasteiger partial charge < -0.3 is 0 Å². The highest BCUT2D eigenvalue weighted by Gasteiger charge is 2.00. The Balaban J connectivity index is 2.84. The molecule has 0 aliphatic heterocycles. The maximum atomic E-state index is 9.85. The van der Waals surface area contributed by atoms with Crippen LogP contribution in [0.25, 0.3) is 0 Å². The lowest BCUT2D eigenvalue weighted by atomic mass is 10.2. The lowest BCUT2D eigenvalue weighted by molar-refractivity contribution is 0.562. The van der Waals surface area contributed by atoms with Gasteiger partial charge in [0.15, 0.2) is 0 Å². The summed E-state index contributed by atoms with van der Waals surface area (Å²) in [6.45, 7) is 0. The van der Waals surface area contributed by atoms with Gasteiger partial charge in [-0.05, 0) is 5.56 Å². The van der Waals surface area contributed by atoms with Crippen LogP contribution in [0.2, 0.25) is 0 Å². The number of benzene rings is 1. The van der Waals surface area contributed by atoms with Crippen LogP contribution in [-0.2, 0) is 4.79 Å². The molecule has 11 heavy (non-hydrogen) atoms. The molecule has 0 aliphatic carbocycles. The van der Waals surface area contributed by atoms with E-state index < -0.39 is 0 Å². The summed E-state index contributed by atoms with van der Waals surface area (Å²) in [6.07, 6.45) is 1.46. The zero-order valence-corrected chi connectivity index (χ0v) is 6.66. The first-order chi connectivity index (χ1) is 5.34. The van der Waals surface area contributed by atoms with Gasteiger partial charge in [-0.15, -0.1) is 12.6 Å². The van der Waals surface area contributed by atoms with Crippen molar-refractivity contribution in [2.45, 2.75) is 5.37 Å². The summed E-state index contributed by atoms with van der Waals surface area (Å²) in [5.41, 5.74) is 0.902. The van der Waals surface area contributed by atoms with Crippen LogP contribution in [0.5, 0.6) is 0 Å². The van der Waals surface area contributed by atoms with E-state index in [-0.39, 0.29) is 5.37 Å². The second-order valence-electron chi connectivity index (χ2n) is 2.00. The van der Waals surface area contributed by atoms with Crippen molar-refractivity contribution in [3.8, 4) is 0 Å². The Labute approximate surface area is 70.4 Å². The molecule has 1 aromatic rings. The minimum absolute atomic E-state index is 0.381. The van der Waals surface area contributed by atoms with Gasteiger partial charge in [-0.1, -0.05) is 30.3 Å². The topological polar surface area (TPSA) is 29.4 Å². The van der Waals surface area contributed by atoms with E-state index in [2.05, 4.69) is 17.6 Å². The SMILES string of the molecule is O=C=NC(S)c1ccccc1. The summed E-state index contributed by atoms with van der Waals surface area (Å²) in [5.74, 6) is 0. The van der Waals surface area contributed by atoms with Crippen LogP contribution in [0.3, 0.4) is 0 Å². The summed E-state index contributed by atoms with van der Waals surface area (Å²) < 4.78 is 0. The van der Waals surface area contributed by atoms with Gasteiger partial charge in [-0.25, -0.2) is 4.79 Å². The van der Waals surface area contributed by atoms with Crippen LogP contribution in [-0.4, -0.2) is 6.08 Å². The van der Waals surface area contributed by atoms with Gasteiger partial charge in [0, 0.05) is 0 Å². The summed E-state index contributed by atoms with van der Waals surface area (Å²) in [4.78, 5) is 13.3. The van der Waals surface area contributed by atoms with E-state index >= 15 is 0 Å². The molecule has 1 unspecified atom stereocenters. The van der Waals surface area contributed by atoms with Crippen LogP contribution in [0.1, 0.15) is 10.9 Å². The zero-order chi connectivity index (χ0) is 8.10. The molecule has 0 aromatic heterocycles. The van der Waals surface area contributed by atoms with Crippen molar-refractivity contribution in [2.24, 2.45) is 4.99 Å². The fraction of sp³-hybridized carbons (Fsp3) is 0.125. The fourth-order valence-electron chi connectivity index (χ4n) is 0.750. The predicted octanol–water partition coefficient (Wildman–Crippen LogP) is 1.95. The molecule has 0 heterocycles. The van der Waals surface area contributed by atoms with Gasteiger partial charge in [-0.3, -0.25) is 0 Å². The molecule has 0 radical (unpaired) electrons. The quantitative estimate of drug-likeness (QED) is 0.405. The Kier molecular flexibility index (Phi) is 2.90. The van der Waals surface area contributed by atoms with Crippen LogP contribution in [0, 0.1) is 0 Å². The van der Waals surface area contributed by atoms with E-state index in [1.54, 1.807) is 0 Å². The van der Waals surface area contributed by atoms with Crippen molar-refractivity contribution in [1.29, 1.82) is 0 Å². The largest absolute Gasteiger partial charge is 0.236 e. The molecular formula is C8H7NOS.